The van der Waals surface area contributed by atoms with Crippen molar-refractivity contribution in [3.63, 3.8) is 0 Å². The number of hydrogen-bond donors (Lipinski definition) is 2. The normalized spacial score (nSPS) is 10.1. The third kappa shape index (κ3) is 4.26. The van der Waals surface area contributed by atoms with Crippen LogP contribution < -0.4 is 10.6 Å². The number of nitrogens with one attached hydrogen (secondary N) is 2. The van der Waals surface area contributed by atoms with Crippen LogP contribution in [0.15, 0.2) is 24.3 Å². The average molecular weight is 320 g/mol. The molecule has 0 bridgehead atoms. The van der Waals surface area contributed by atoms with Gasteiger partial charge >= 0.3 is 6.09 Å². The number of aromatic nitrogens is 2. The number of carbonyl (C=O) groups excluding carboxylic acids is 2. The second-order valence-electron chi connectivity index (χ2n) is 4.23. The standard InChI is InChI=1S/C14H16N4O3S/c1-3-11-17-18-13(22-11)16-12(19)9-6-5-7-10(8-9)15-14(20)21-4-2/h5-8H,3-4H2,1-2H3,(H,15,20)(H,16,18,19). The first-order chi connectivity index (χ1) is 10.6. The molecule has 0 atom stereocenters. The van der Waals surface area contributed by atoms with Crippen LogP contribution in [0.4, 0.5) is 15.6 Å². The van der Waals surface area contributed by atoms with Gasteiger partial charge < -0.3 is 4.74 Å². The van der Waals surface area contributed by atoms with Gasteiger partial charge in [0.25, 0.3) is 5.91 Å². The highest BCUT2D eigenvalue weighted by atomic mass is 32.1. The lowest BCUT2D eigenvalue weighted by atomic mass is 10.2. The Hall–Kier alpha value is -2.48. The van der Waals surface area contributed by atoms with E-state index in [2.05, 4.69) is 20.8 Å². The molecule has 22 heavy (non-hydrogen) atoms. The molecule has 0 fully saturated rings. The van der Waals surface area contributed by atoms with Crippen LogP contribution in [-0.4, -0.2) is 28.8 Å². The Kier molecular flexibility index (Phi) is 5.42. The third-order valence-corrected chi connectivity index (χ3v) is 3.62. The minimum Gasteiger partial charge on any atom is -0.450 e. The maximum atomic E-state index is 12.2. The molecule has 2 amide bonds. The molecule has 0 aliphatic heterocycles. The van der Waals surface area contributed by atoms with Crippen LogP contribution in [0.2, 0.25) is 0 Å². The second-order valence-corrected chi connectivity index (χ2v) is 5.30. The van der Waals surface area contributed by atoms with Gasteiger partial charge in [-0.05, 0) is 31.5 Å². The number of hydrogen-bond acceptors (Lipinski definition) is 6. The predicted octanol–water partition coefficient (Wildman–Crippen LogP) is 2.92. The Morgan fingerprint density at radius 2 is 2.05 bits per heavy atom. The molecule has 1 heterocycles. The number of nitrogens with zero attached hydrogens (tertiary/aromatic N) is 2. The van der Waals surface area contributed by atoms with Crippen molar-refractivity contribution >= 4 is 34.2 Å². The van der Waals surface area contributed by atoms with E-state index < -0.39 is 6.09 Å². The number of carbonyl (C=O) groups is 2. The van der Waals surface area contributed by atoms with Crippen LogP contribution in [-0.2, 0) is 11.2 Å². The summed E-state index contributed by atoms with van der Waals surface area (Å²) in [5.74, 6) is -0.314. The molecule has 0 aliphatic carbocycles. The molecule has 0 saturated carbocycles. The Labute approximate surface area is 131 Å². The Morgan fingerprint density at radius 1 is 1.23 bits per heavy atom. The number of anilines is 2. The van der Waals surface area contributed by atoms with Gasteiger partial charge in [0.05, 0.1) is 6.61 Å². The number of benzene rings is 1. The Bertz CT molecular complexity index is 672. The monoisotopic (exact) mass is 320 g/mol. The summed E-state index contributed by atoms with van der Waals surface area (Å²) < 4.78 is 4.79. The van der Waals surface area contributed by atoms with Crippen LogP contribution in [0.5, 0.6) is 0 Å². The molecule has 116 valence electrons. The summed E-state index contributed by atoms with van der Waals surface area (Å²) in [6, 6.07) is 6.56. The quantitative estimate of drug-likeness (QED) is 0.883. The average Bonchev–Trinajstić information content (AvgIpc) is 2.95. The fraction of sp³-hybridized carbons (Fsp3) is 0.286. The lowest BCUT2D eigenvalue weighted by Crippen LogP contribution is -2.15. The molecular formula is C14H16N4O3S. The molecule has 0 radical (unpaired) electrons. The van der Waals surface area contributed by atoms with Gasteiger partial charge in [0, 0.05) is 11.3 Å². The van der Waals surface area contributed by atoms with E-state index in [-0.39, 0.29) is 12.5 Å². The van der Waals surface area contributed by atoms with E-state index in [0.717, 1.165) is 11.4 Å². The smallest absolute Gasteiger partial charge is 0.411 e. The van der Waals surface area contributed by atoms with Crippen molar-refractivity contribution in [1.29, 1.82) is 0 Å². The number of ether oxygens (including phenoxy) is 1. The molecule has 1 aromatic heterocycles. The van der Waals surface area contributed by atoms with Crippen molar-refractivity contribution in [3.05, 3.63) is 34.8 Å². The number of aryl methyl sites for hydroxylation is 1. The zero-order chi connectivity index (χ0) is 15.9. The van der Waals surface area contributed by atoms with Crippen molar-refractivity contribution < 1.29 is 14.3 Å². The van der Waals surface area contributed by atoms with Crippen molar-refractivity contribution in [2.45, 2.75) is 20.3 Å². The first-order valence-electron chi connectivity index (χ1n) is 6.80. The predicted molar refractivity (Wildman–Crippen MR) is 84.3 cm³/mol. The summed E-state index contributed by atoms with van der Waals surface area (Å²) in [5.41, 5.74) is 0.889. The van der Waals surface area contributed by atoms with Gasteiger partial charge in [0.2, 0.25) is 5.13 Å². The van der Waals surface area contributed by atoms with E-state index in [9.17, 15) is 9.59 Å². The van der Waals surface area contributed by atoms with Crippen molar-refractivity contribution in [3.8, 4) is 0 Å². The lowest BCUT2D eigenvalue weighted by Gasteiger charge is -2.07. The minimum atomic E-state index is -0.559. The summed E-state index contributed by atoms with van der Waals surface area (Å²) in [6.07, 6.45) is 0.212. The van der Waals surface area contributed by atoms with Gasteiger partial charge in [-0.3, -0.25) is 15.4 Å². The van der Waals surface area contributed by atoms with Crippen molar-refractivity contribution in [2.75, 3.05) is 17.2 Å². The molecule has 0 unspecified atom stereocenters. The maximum Gasteiger partial charge on any atom is 0.411 e. The van der Waals surface area contributed by atoms with Crippen LogP contribution in [0, 0.1) is 0 Å². The summed E-state index contributed by atoms with van der Waals surface area (Å²) in [6.45, 7) is 3.97. The van der Waals surface area contributed by atoms with Gasteiger partial charge in [-0.15, -0.1) is 10.2 Å². The van der Waals surface area contributed by atoms with E-state index >= 15 is 0 Å². The zero-order valence-corrected chi connectivity index (χ0v) is 13.1. The second kappa shape index (κ2) is 7.51. The largest absolute Gasteiger partial charge is 0.450 e. The van der Waals surface area contributed by atoms with Gasteiger partial charge in [-0.25, -0.2) is 4.79 Å². The summed E-state index contributed by atoms with van der Waals surface area (Å²) >= 11 is 1.33. The topological polar surface area (TPSA) is 93.2 Å². The molecule has 0 spiro atoms. The van der Waals surface area contributed by atoms with Crippen LogP contribution >= 0.6 is 11.3 Å². The fourth-order valence-corrected chi connectivity index (χ4v) is 2.31. The molecule has 0 aliphatic rings. The van der Waals surface area contributed by atoms with Crippen LogP contribution in [0.3, 0.4) is 0 Å². The minimum absolute atomic E-state index is 0.281. The molecule has 2 N–H and O–H groups in total. The van der Waals surface area contributed by atoms with E-state index in [0.29, 0.717) is 16.4 Å². The van der Waals surface area contributed by atoms with Crippen molar-refractivity contribution in [1.82, 2.24) is 10.2 Å². The number of amides is 2. The van der Waals surface area contributed by atoms with Gasteiger partial charge in [0.1, 0.15) is 5.01 Å². The third-order valence-electron chi connectivity index (χ3n) is 2.64. The van der Waals surface area contributed by atoms with Crippen molar-refractivity contribution in [2.24, 2.45) is 0 Å². The molecule has 8 heteroatoms. The lowest BCUT2D eigenvalue weighted by molar-refractivity contribution is 0.102. The fourth-order valence-electron chi connectivity index (χ4n) is 1.64. The first-order valence-corrected chi connectivity index (χ1v) is 7.61. The highest BCUT2D eigenvalue weighted by molar-refractivity contribution is 7.15. The van der Waals surface area contributed by atoms with E-state index in [4.69, 9.17) is 4.74 Å². The number of rotatable bonds is 5. The summed E-state index contributed by atoms with van der Waals surface area (Å²) in [4.78, 5) is 23.5. The zero-order valence-electron chi connectivity index (χ0n) is 12.3. The Balaban J connectivity index is 2.04. The van der Waals surface area contributed by atoms with Gasteiger partial charge in [0.15, 0.2) is 0 Å². The molecule has 7 nitrogen and oxygen atoms in total. The molecule has 2 aromatic rings. The molecular weight excluding hydrogens is 304 g/mol. The van der Waals surface area contributed by atoms with E-state index in [1.807, 2.05) is 6.92 Å². The van der Waals surface area contributed by atoms with Gasteiger partial charge in [-0.2, -0.15) is 0 Å². The molecule has 1 aromatic carbocycles. The summed E-state index contributed by atoms with van der Waals surface area (Å²) in [7, 11) is 0. The van der Waals surface area contributed by atoms with Gasteiger partial charge in [-0.1, -0.05) is 24.3 Å². The Morgan fingerprint density at radius 3 is 2.73 bits per heavy atom. The SMILES string of the molecule is CCOC(=O)Nc1cccc(C(=O)Nc2nnc(CC)s2)c1. The van der Waals surface area contributed by atoms with E-state index in [1.165, 1.54) is 11.3 Å². The first kappa shape index (κ1) is 15.9. The summed E-state index contributed by atoms with van der Waals surface area (Å²) in [5, 5.41) is 14.4. The molecule has 2 rings (SSSR count). The highest BCUT2D eigenvalue weighted by Crippen LogP contribution is 2.17. The van der Waals surface area contributed by atoms with E-state index in [1.54, 1.807) is 31.2 Å². The van der Waals surface area contributed by atoms with Crippen LogP contribution in [0.25, 0.3) is 0 Å². The van der Waals surface area contributed by atoms with Crippen LogP contribution in [0.1, 0.15) is 29.2 Å². The maximum absolute atomic E-state index is 12.2. The molecule has 0 saturated heterocycles. The highest BCUT2D eigenvalue weighted by Gasteiger charge is 2.11.